The number of nitrogens with two attached hydrogens (primary N) is 1. The van der Waals surface area contributed by atoms with Gasteiger partial charge < -0.3 is 11.1 Å². The van der Waals surface area contributed by atoms with Gasteiger partial charge in [0.1, 0.15) is 0 Å². The second kappa shape index (κ2) is 5.55. The SMILES string of the molecule is Cc1cc(Cl)cc(C(=O)Nc2cc(C)c(N)cc2C)c1. The van der Waals surface area contributed by atoms with Gasteiger partial charge in [0.05, 0.1) is 0 Å². The fourth-order valence-electron chi connectivity index (χ4n) is 2.04. The Morgan fingerprint density at radius 3 is 2.40 bits per heavy atom. The van der Waals surface area contributed by atoms with Crippen molar-refractivity contribution in [3.63, 3.8) is 0 Å². The summed E-state index contributed by atoms with van der Waals surface area (Å²) in [5, 5.41) is 3.45. The van der Waals surface area contributed by atoms with Gasteiger partial charge in [-0.1, -0.05) is 11.6 Å². The summed E-state index contributed by atoms with van der Waals surface area (Å²) in [4.78, 5) is 12.3. The summed E-state index contributed by atoms with van der Waals surface area (Å²) >= 11 is 5.98. The van der Waals surface area contributed by atoms with E-state index in [1.807, 2.05) is 39.0 Å². The molecule has 2 rings (SSSR count). The number of carbonyl (C=O) groups is 1. The van der Waals surface area contributed by atoms with Crippen molar-refractivity contribution in [1.82, 2.24) is 0 Å². The second-order valence-electron chi connectivity index (χ2n) is 5.00. The van der Waals surface area contributed by atoms with Crippen LogP contribution in [-0.2, 0) is 0 Å². The predicted octanol–water partition coefficient (Wildman–Crippen LogP) is 4.10. The molecule has 2 aromatic rings. The Kier molecular flexibility index (Phi) is 4.00. The molecular formula is C16H17ClN2O. The Balaban J connectivity index is 2.30. The van der Waals surface area contributed by atoms with Crippen LogP contribution in [0.1, 0.15) is 27.0 Å². The topological polar surface area (TPSA) is 55.1 Å². The van der Waals surface area contributed by atoms with Gasteiger partial charge in [-0.15, -0.1) is 0 Å². The molecule has 0 aromatic heterocycles. The van der Waals surface area contributed by atoms with Crippen LogP contribution in [0.5, 0.6) is 0 Å². The van der Waals surface area contributed by atoms with Crippen LogP contribution in [0.2, 0.25) is 5.02 Å². The van der Waals surface area contributed by atoms with Crippen LogP contribution < -0.4 is 11.1 Å². The Morgan fingerprint density at radius 1 is 1.05 bits per heavy atom. The minimum atomic E-state index is -0.178. The predicted molar refractivity (Wildman–Crippen MR) is 84.5 cm³/mol. The van der Waals surface area contributed by atoms with Gasteiger partial charge in [0.2, 0.25) is 0 Å². The molecular weight excluding hydrogens is 272 g/mol. The zero-order chi connectivity index (χ0) is 14.9. The highest BCUT2D eigenvalue weighted by molar-refractivity contribution is 6.31. The monoisotopic (exact) mass is 288 g/mol. The van der Waals surface area contributed by atoms with Crippen molar-refractivity contribution in [1.29, 1.82) is 0 Å². The summed E-state index contributed by atoms with van der Waals surface area (Å²) < 4.78 is 0. The molecule has 0 aliphatic rings. The Bertz CT molecular complexity index is 660. The zero-order valence-electron chi connectivity index (χ0n) is 11.8. The average Bonchev–Trinajstić information content (AvgIpc) is 2.34. The van der Waals surface area contributed by atoms with Crippen LogP contribution in [0.3, 0.4) is 0 Å². The lowest BCUT2D eigenvalue weighted by Gasteiger charge is -2.12. The lowest BCUT2D eigenvalue weighted by atomic mass is 10.1. The molecule has 0 aliphatic heterocycles. The molecule has 1 amide bonds. The normalized spacial score (nSPS) is 10.4. The first-order valence-corrected chi connectivity index (χ1v) is 6.70. The van der Waals surface area contributed by atoms with Crippen molar-refractivity contribution in [2.24, 2.45) is 0 Å². The van der Waals surface area contributed by atoms with Gasteiger partial charge in [-0.05, 0) is 67.8 Å². The zero-order valence-corrected chi connectivity index (χ0v) is 12.5. The number of aryl methyl sites for hydroxylation is 3. The summed E-state index contributed by atoms with van der Waals surface area (Å²) in [7, 11) is 0. The number of hydrogen-bond acceptors (Lipinski definition) is 2. The summed E-state index contributed by atoms with van der Waals surface area (Å²) in [6.45, 7) is 5.73. The standard InChI is InChI=1S/C16H17ClN2O/c1-9-4-12(8-13(17)5-9)16(20)19-15-7-10(2)14(18)6-11(15)3/h4-8H,18H2,1-3H3,(H,19,20). The van der Waals surface area contributed by atoms with Crippen molar-refractivity contribution in [3.8, 4) is 0 Å². The van der Waals surface area contributed by atoms with Crippen molar-refractivity contribution in [2.75, 3.05) is 11.1 Å². The van der Waals surface area contributed by atoms with E-state index in [4.69, 9.17) is 17.3 Å². The summed E-state index contributed by atoms with van der Waals surface area (Å²) in [6, 6.07) is 9.01. The molecule has 0 atom stereocenters. The van der Waals surface area contributed by atoms with Gasteiger partial charge >= 0.3 is 0 Å². The molecule has 0 aliphatic carbocycles. The third kappa shape index (κ3) is 3.11. The third-order valence-electron chi connectivity index (χ3n) is 3.17. The third-order valence-corrected chi connectivity index (χ3v) is 3.38. The second-order valence-corrected chi connectivity index (χ2v) is 5.43. The molecule has 4 heteroatoms. The van der Waals surface area contributed by atoms with E-state index < -0.39 is 0 Å². The van der Waals surface area contributed by atoms with Crippen LogP contribution >= 0.6 is 11.6 Å². The number of nitrogen functional groups attached to an aromatic ring is 1. The summed E-state index contributed by atoms with van der Waals surface area (Å²) in [5.41, 5.74) is 10.7. The fraction of sp³-hybridized carbons (Fsp3) is 0.188. The molecule has 0 spiro atoms. The highest BCUT2D eigenvalue weighted by Crippen LogP contribution is 2.23. The molecule has 0 unspecified atom stereocenters. The summed E-state index contributed by atoms with van der Waals surface area (Å²) in [6.07, 6.45) is 0. The number of amides is 1. The van der Waals surface area contributed by atoms with Crippen molar-refractivity contribution >= 4 is 28.9 Å². The highest BCUT2D eigenvalue weighted by atomic mass is 35.5. The number of benzene rings is 2. The first-order valence-electron chi connectivity index (χ1n) is 6.32. The lowest BCUT2D eigenvalue weighted by Crippen LogP contribution is -2.13. The van der Waals surface area contributed by atoms with Gasteiger partial charge in [0.15, 0.2) is 0 Å². The quantitative estimate of drug-likeness (QED) is 0.818. The number of anilines is 2. The molecule has 0 saturated heterocycles. The van der Waals surface area contributed by atoms with Crippen LogP contribution in [0, 0.1) is 20.8 Å². The largest absolute Gasteiger partial charge is 0.399 e. The Morgan fingerprint density at radius 2 is 1.75 bits per heavy atom. The van der Waals surface area contributed by atoms with E-state index in [0.29, 0.717) is 10.6 Å². The highest BCUT2D eigenvalue weighted by Gasteiger charge is 2.10. The van der Waals surface area contributed by atoms with Crippen LogP contribution in [0.4, 0.5) is 11.4 Å². The minimum absolute atomic E-state index is 0.178. The van der Waals surface area contributed by atoms with Crippen molar-refractivity contribution in [3.05, 3.63) is 57.6 Å². The van der Waals surface area contributed by atoms with Gasteiger partial charge in [-0.2, -0.15) is 0 Å². The number of hydrogen-bond donors (Lipinski definition) is 2. The van der Waals surface area contributed by atoms with Crippen molar-refractivity contribution in [2.45, 2.75) is 20.8 Å². The molecule has 20 heavy (non-hydrogen) atoms. The molecule has 2 aromatic carbocycles. The van der Waals surface area contributed by atoms with Crippen molar-refractivity contribution < 1.29 is 4.79 Å². The molecule has 0 radical (unpaired) electrons. The van der Waals surface area contributed by atoms with E-state index in [1.54, 1.807) is 12.1 Å². The van der Waals surface area contributed by atoms with Gasteiger partial charge in [0.25, 0.3) is 5.91 Å². The van der Waals surface area contributed by atoms with Gasteiger partial charge in [0, 0.05) is 22.0 Å². The van der Waals surface area contributed by atoms with Crippen LogP contribution in [-0.4, -0.2) is 5.91 Å². The lowest BCUT2D eigenvalue weighted by molar-refractivity contribution is 0.102. The van der Waals surface area contributed by atoms with E-state index in [-0.39, 0.29) is 5.91 Å². The first kappa shape index (κ1) is 14.4. The smallest absolute Gasteiger partial charge is 0.255 e. The van der Waals surface area contributed by atoms with Gasteiger partial charge in [-0.3, -0.25) is 4.79 Å². The van der Waals surface area contributed by atoms with E-state index in [1.165, 1.54) is 0 Å². The number of rotatable bonds is 2. The van der Waals surface area contributed by atoms with Gasteiger partial charge in [-0.25, -0.2) is 0 Å². The van der Waals surface area contributed by atoms with E-state index in [9.17, 15) is 4.79 Å². The van der Waals surface area contributed by atoms with E-state index in [2.05, 4.69) is 5.32 Å². The molecule has 0 bridgehead atoms. The maximum absolute atomic E-state index is 12.3. The molecule has 0 saturated carbocycles. The summed E-state index contributed by atoms with van der Waals surface area (Å²) in [5.74, 6) is -0.178. The maximum Gasteiger partial charge on any atom is 0.255 e. The van der Waals surface area contributed by atoms with E-state index in [0.717, 1.165) is 28.1 Å². The van der Waals surface area contributed by atoms with Crippen LogP contribution in [0.25, 0.3) is 0 Å². The fourth-order valence-corrected chi connectivity index (χ4v) is 2.32. The van der Waals surface area contributed by atoms with E-state index >= 15 is 0 Å². The minimum Gasteiger partial charge on any atom is -0.399 e. The Hall–Kier alpha value is -2.00. The number of halogens is 1. The molecule has 3 nitrogen and oxygen atoms in total. The maximum atomic E-state index is 12.3. The molecule has 104 valence electrons. The number of nitrogens with one attached hydrogen (secondary N) is 1. The molecule has 0 fully saturated rings. The first-order chi connectivity index (χ1) is 9.36. The molecule has 3 N–H and O–H groups in total. The number of carbonyl (C=O) groups excluding carboxylic acids is 1. The average molecular weight is 289 g/mol. The van der Waals surface area contributed by atoms with Crippen LogP contribution in [0.15, 0.2) is 30.3 Å². The Labute approximate surface area is 123 Å². The molecule has 0 heterocycles.